The zero-order valence-corrected chi connectivity index (χ0v) is 37.5. The summed E-state index contributed by atoms with van der Waals surface area (Å²) in [6.07, 6.45) is 0. The molecule has 13 rings (SSSR count). The first-order chi connectivity index (χ1) is 33.2. The SMILES string of the molecule is c1ccc(C2(c3ccccc3)c3ccccc3-c3c(N(c4ccc(-c5cccc6sc7ccccc7c56)cc4)c4cccc(-c5cccc(-c6cccc7ccccc67)c5)c4)cccc32)cc1. The summed E-state index contributed by atoms with van der Waals surface area (Å²) in [7, 11) is 0. The maximum Gasteiger partial charge on any atom is 0.0714 e. The first kappa shape index (κ1) is 39.1. The lowest BCUT2D eigenvalue weighted by atomic mass is 9.68. The molecule has 0 aliphatic heterocycles. The summed E-state index contributed by atoms with van der Waals surface area (Å²) in [5, 5.41) is 5.13. The van der Waals surface area contributed by atoms with Gasteiger partial charge in [-0.25, -0.2) is 0 Å². The van der Waals surface area contributed by atoms with Crippen LogP contribution in [0.25, 0.3) is 75.5 Å². The van der Waals surface area contributed by atoms with Crippen LogP contribution in [0.5, 0.6) is 0 Å². The lowest BCUT2D eigenvalue weighted by Crippen LogP contribution is -2.28. The normalized spacial score (nSPS) is 12.6. The topological polar surface area (TPSA) is 3.24 Å². The van der Waals surface area contributed by atoms with E-state index in [9.17, 15) is 0 Å². The standard InChI is InChI=1S/C65H43NS/c1-3-23-49(24-4-1)65(50-25-5-2-6-26-50)58-33-11-9-29-56(58)64-59(65)34-17-35-60(64)66(51-40-38-45(39-41-51)55-32-16-37-62-63(55)57-30-10-12-36-61(57)67-62)52-27-14-21-47(43-52)46-20-13-22-48(42-46)54-31-15-19-44-18-7-8-28-53(44)54/h1-43H. The second-order valence-electron chi connectivity index (χ2n) is 17.5. The second-order valence-corrected chi connectivity index (χ2v) is 18.6. The van der Waals surface area contributed by atoms with Gasteiger partial charge in [-0.1, -0.05) is 212 Å². The maximum absolute atomic E-state index is 2.49. The largest absolute Gasteiger partial charge is 0.310 e. The number of nitrogens with zero attached hydrogens (tertiary/aromatic N) is 1. The van der Waals surface area contributed by atoms with Crippen molar-refractivity contribution in [1.82, 2.24) is 0 Å². The molecule has 1 nitrogen and oxygen atoms in total. The van der Waals surface area contributed by atoms with Crippen LogP contribution in [0.4, 0.5) is 17.1 Å². The Labute approximate surface area is 395 Å². The van der Waals surface area contributed by atoms with E-state index in [-0.39, 0.29) is 0 Å². The van der Waals surface area contributed by atoms with Crippen LogP contribution in [0.3, 0.4) is 0 Å². The fourth-order valence-electron chi connectivity index (χ4n) is 11.1. The highest BCUT2D eigenvalue weighted by molar-refractivity contribution is 7.25. The number of hydrogen-bond donors (Lipinski definition) is 0. The van der Waals surface area contributed by atoms with Crippen molar-refractivity contribution in [2.75, 3.05) is 4.90 Å². The molecule has 0 saturated heterocycles. The Hall–Kier alpha value is -8.30. The zero-order chi connectivity index (χ0) is 44.3. The number of benzene rings is 11. The Bertz CT molecular complexity index is 3760. The summed E-state index contributed by atoms with van der Waals surface area (Å²) in [6.45, 7) is 0. The fraction of sp³-hybridized carbons (Fsp3) is 0.0154. The van der Waals surface area contributed by atoms with Gasteiger partial charge in [-0.2, -0.15) is 0 Å². The van der Waals surface area contributed by atoms with E-state index in [4.69, 9.17) is 0 Å². The summed E-state index contributed by atoms with van der Waals surface area (Å²) in [4.78, 5) is 2.49. The summed E-state index contributed by atoms with van der Waals surface area (Å²) in [5.41, 5.74) is 17.6. The van der Waals surface area contributed by atoms with Crippen LogP contribution in [0.1, 0.15) is 22.3 Å². The average molecular weight is 870 g/mol. The van der Waals surface area contributed by atoms with E-state index in [1.54, 1.807) is 0 Å². The maximum atomic E-state index is 2.49. The third kappa shape index (κ3) is 6.29. The van der Waals surface area contributed by atoms with Crippen LogP contribution < -0.4 is 4.90 Å². The van der Waals surface area contributed by atoms with E-state index in [0.29, 0.717) is 0 Å². The Kier molecular flexibility index (Phi) is 9.33. The molecule has 67 heavy (non-hydrogen) atoms. The summed E-state index contributed by atoms with van der Waals surface area (Å²) >= 11 is 1.87. The molecule has 1 aliphatic carbocycles. The van der Waals surface area contributed by atoms with Crippen molar-refractivity contribution in [3.05, 3.63) is 283 Å². The smallest absolute Gasteiger partial charge is 0.0714 e. The van der Waals surface area contributed by atoms with Crippen molar-refractivity contribution in [2.45, 2.75) is 5.41 Å². The van der Waals surface area contributed by atoms with Crippen molar-refractivity contribution < 1.29 is 0 Å². The predicted molar refractivity (Wildman–Crippen MR) is 285 cm³/mol. The van der Waals surface area contributed by atoms with Gasteiger partial charge in [-0.3, -0.25) is 0 Å². The first-order valence-electron chi connectivity index (χ1n) is 23.1. The molecule has 0 radical (unpaired) electrons. The van der Waals surface area contributed by atoms with Gasteiger partial charge in [0.15, 0.2) is 0 Å². The molecular formula is C65H43NS. The van der Waals surface area contributed by atoms with Crippen LogP contribution in [0.15, 0.2) is 261 Å². The fourth-order valence-corrected chi connectivity index (χ4v) is 12.2. The van der Waals surface area contributed by atoms with Crippen molar-refractivity contribution in [2.24, 2.45) is 0 Å². The first-order valence-corrected chi connectivity index (χ1v) is 23.9. The quantitative estimate of drug-likeness (QED) is 0.147. The third-order valence-electron chi connectivity index (χ3n) is 13.9. The molecule has 0 bridgehead atoms. The number of anilines is 3. The molecule has 0 saturated carbocycles. The van der Waals surface area contributed by atoms with E-state index < -0.39 is 5.41 Å². The minimum atomic E-state index is -0.522. The van der Waals surface area contributed by atoms with E-state index in [1.807, 2.05) is 11.3 Å². The summed E-state index contributed by atoms with van der Waals surface area (Å²) < 4.78 is 2.63. The molecule has 1 aromatic heterocycles. The second kappa shape index (κ2) is 16.0. The molecule has 0 amide bonds. The zero-order valence-electron chi connectivity index (χ0n) is 36.7. The molecule has 0 atom stereocenters. The number of rotatable bonds is 8. The molecular weight excluding hydrogens is 827 g/mol. The summed E-state index contributed by atoms with van der Waals surface area (Å²) in [5.74, 6) is 0. The number of thiophene rings is 1. The van der Waals surface area contributed by atoms with E-state index in [0.717, 1.165) is 22.6 Å². The number of fused-ring (bicyclic) bond motifs is 7. The van der Waals surface area contributed by atoms with Gasteiger partial charge in [0.05, 0.1) is 11.1 Å². The van der Waals surface area contributed by atoms with Gasteiger partial charge < -0.3 is 4.90 Å². The molecule has 1 heterocycles. The van der Waals surface area contributed by atoms with Gasteiger partial charge in [0.1, 0.15) is 0 Å². The Morgan fingerprint density at radius 2 is 0.896 bits per heavy atom. The third-order valence-corrected chi connectivity index (χ3v) is 15.1. The molecule has 2 heteroatoms. The van der Waals surface area contributed by atoms with Crippen molar-refractivity contribution in [3.8, 4) is 44.5 Å². The van der Waals surface area contributed by atoms with Gasteiger partial charge in [0, 0.05) is 37.1 Å². The van der Waals surface area contributed by atoms with Crippen LogP contribution in [0.2, 0.25) is 0 Å². The van der Waals surface area contributed by atoms with Gasteiger partial charge in [-0.15, -0.1) is 11.3 Å². The molecule has 314 valence electrons. The van der Waals surface area contributed by atoms with Gasteiger partial charge in [0.25, 0.3) is 0 Å². The lowest BCUT2D eigenvalue weighted by molar-refractivity contribution is 0.768. The minimum Gasteiger partial charge on any atom is -0.310 e. The molecule has 12 aromatic rings. The van der Waals surface area contributed by atoms with Crippen molar-refractivity contribution in [3.63, 3.8) is 0 Å². The van der Waals surface area contributed by atoms with Crippen LogP contribution >= 0.6 is 11.3 Å². The molecule has 0 N–H and O–H groups in total. The minimum absolute atomic E-state index is 0.522. The van der Waals surface area contributed by atoms with Crippen LogP contribution in [-0.4, -0.2) is 0 Å². The Morgan fingerprint density at radius 3 is 1.72 bits per heavy atom. The lowest BCUT2D eigenvalue weighted by Gasteiger charge is -2.34. The van der Waals surface area contributed by atoms with E-state index in [1.165, 1.54) is 92.1 Å². The highest BCUT2D eigenvalue weighted by Gasteiger charge is 2.47. The van der Waals surface area contributed by atoms with Crippen LogP contribution in [-0.2, 0) is 5.41 Å². The Balaban J connectivity index is 1.02. The van der Waals surface area contributed by atoms with E-state index in [2.05, 4.69) is 266 Å². The molecule has 0 fully saturated rings. The predicted octanol–water partition coefficient (Wildman–Crippen LogP) is 18.0. The molecule has 1 aliphatic rings. The summed E-state index contributed by atoms with van der Waals surface area (Å²) in [6, 6.07) is 96.4. The van der Waals surface area contributed by atoms with Gasteiger partial charge in [-0.05, 0) is 121 Å². The molecule has 0 spiro atoms. The highest BCUT2D eigenvalue weighted by Crippen LogP contribution is 2.59. The molecule has 11 aromatic carbocycles. The average Bonchev–Trinajstić information content (AvgIpc) is 3.94. The monoisotopic (exact) mass is 869 g/mol. The number of hydrogen-bond acceptors (Lipinski definition) is 2. The van der Waals surface area contributed by atoms with Gasteiger partial charge >= 0.3 is 0 Å². The Morgan fingerprint density at radius 1 is 0.328 bits per heavy atom. The van der Waals surface area contributed by atoms with E-state index >= 15 is 0 Å². The van der Waals surface area contributed by atoms with Crippen molar-refractivity contribution >= 4 is 59.3 Å². The molecule has 0 unspecified atom stereocenters. The highest BCUT2D eigenvalue weighted by atomic mass is 32.1. The van der Waals surface area contributed by atoms with Crippen LogP contribution in [0, 0.1) is 0 Å². The van der Waals surface area contributed by atoms with Crippen molar-refractivity contribution in [1.29, 1.82) is 0 Å². The van der Waals surface area contributed by atoms with Gasteiger partial charge in [0.2, 0.25) is 0 Å².